The average molecular weight is 402 g/mol. The van der Waals surface area contributed by atoms with Gasteiger partial charge in [-0.05, 0) is 52.4 Å². The number of nitrogens with one attached hydrogen (secondary N) is 1. The van der Waals surface area contributed by atoms with Crippen molar-refractivity contribution >= 4 is 62.6 Å². The summed E-state index contributed by atoms with van der Waals surface area (Å²) in [5, 5.41) is 4.02. The molecule has 6 heteroatoms. The average Bonchev–Trinajstić information content (AvgIpc) is 2.88. The van der Waals surface area contributed by atoms with Gasteiger partial charge in [0.05, 0.1) is 22.4 Å². The molecule has 0 unspecified atom stereocenters. The summed E-state index contributed by atoms with van der Waals surface area (Å²) in [5.74, 6) is 0. The molecule has 1 heterocycles. The van der Waals surface area contributed by atoms with Crippen LogP contribution in [0.4, 0.5) is 5.69 Å². The van der Waals surface area contributed by atoms with E-state index in [4.69, 9.17) is 11.6 Å². The van der Waals surface area contributed by atoms with Crippen LogP contribution >= 0.6 is 45.9 Å². The van der Waals surface area contributed by atoms with E-state index in [1.54, 1.807) is 0 Å². The lowest BCUT2D eigenvalue weighted by atomic mass is 10.2. The highest BCUT2D eigenvalue weighted by atomic mass is 127. The second-order valence-corrected chi connectivity index (χ2v) is 6.22. The van der Waals surface area contributed by atoms with Crippen LogP contribution < -0.4 is 5.32 Å². The Morgan fingerprint density at radius 1 is 1.11 bits per heavy atom. The summed E-state index contributed by atoms with van der Waals surface area (Å²) in [6, 6.07) is 12.1. The molecule has 0 saturated heterocycles. The number of rotatable bonds is 3. The van der Waals surface area contributed by atoms with Gasteiger partial charge in [-0.25, -0.2) is 0 Å². The van der Waals surface area contributed by atoms with Crippen molar-refractivity contribution in [3.8, 4) is 0 Å². The third kappa shape index (κ3) is 2.82. The van der Waals surface area contributed by atoms with Crippen molar-refractivity contribution in [2.45, 2.75) is 6.54 Å². The standard InChI is InChI=1S/C13H9ClIN3S/c14-10-5-6-11-13(18-19-17-11)12(10)16-7-8-1-3-9(15)4-2-8/h1-6,16H,7H2. The van der Waals surface area contributed by atoms with Crippen LogP contribution in [0.2, 0.25) is 5.02 Å². The maximum Gasteiger partial charge on any atom is 0.129 e. The Labute approximate surface area is 133 Å². The molecule has 1 N–H and O–H groups in total. The van der Waals surface area contributed by atoms with Gasteiger partial charge in [0, 0.05) is 10.1 Å². The van der Waals surface area contributed by atoms with E-state index < -0.39 is 0 Å². The highest BCUT2D eigenvalue weighted by Gasteiger charge is 2.09. The van der Waals surface area contributed by atoms with Crippen molar-refractivity contribution < 1.29 is 0 Å². The number of hydrogen-bond donors (Lipinski definition) is 1. The first-order chi connectivity index (χ1) is 9.24. The van der Waals surface area contributed by atoms with Gasteiger partial charge >= 0.3 is 0 Å². The van der Waals surface area contributed by atoms with Crippen molar-refractivity contribution in [3.05, 3.63) is 50.6 Å². The summed E-state index contributed by atoms with van der Waals surface area (Å²) in [7, 11) is 0. The van der Waals surface area contributed by atoms with E-state index in [1.807, 2.05) is 12.1 Å². The Bertz CT molecular complexity index is 711. The van der Waals surface area contributed by atoms with E-state index >= 15 is 0 Å². The predicted molar refractivity (Wildman–Crippen MR) is 88.9 cm³/mol. The molecule has 96 valence electrons. The van der Waals surface area contributed by atoms with E-state index in [0.717, 1.165) is 16.7 Å². The molecule has 0 aliphatic heterocycles. The predicted octanol–water partition coefficient (Wildman–Crippen LogP) is 4.56. The summed E-state index contributed by atoms with van der Waals surface area (Å²) >= 11 is 9.72. The molecule has 0 amide bonds. The Hall–Kier alpha value is -0.920. The van der Waals surface area contributed by atoms with E-state index in [2.05, 4.69) is 60.9 Å². The van der Waals surface area contributed by atoms with Crippen molar-refractivity contribution in [2.75, 3.05) is 5.32 Å². The van der Waals surface area contributed by atoms with E-state index in [0.29, 0.717) is 11.6 Å². The summed E-state index contributed by atoms with van der Waals surface area (Å²) in [6.45, 7) is 0.716. The van der Waals surface area contributed by atoms with Gasteiger partial charge in [0.2, 0.25) is 0 Å². The molecule has 2 aromatic carbocycles. The van der Waals surface area contributed by atoms with Crippen molar-refractivity contribution in [3.63, 3.8) is 0 Å². The van der Waals surface area contributed by atoms with E-state index in [9.17, 15) is 0 Å². The van der Waals surface area contributed by atoms with Crippen LogP contribution in [-0.2, 0) is 6.54 Å². The molecule has 0 spiro atoms. The zero-order valence-corrected chi connectivity index (χ0v) is 13.5. The van der Waals surface area contributed by atoms with Gasteiger partial charge < -0.3 is 5.32 Å². The number of benzene rings is 2. The van der Waals surface area contributed by atoms with Gasteiger partial charge in [0.1, 0.15) is 11.0 Å². The lowest BCUT2D eigenvalue weighted by molar-refractivity contribution is 1.15. The number of halogens is 2. The first-order valence-electron chi connectivity index (χ1n) is 5.63. The molecule has 1 aromatic heterocycles. The highest BCUT2D eigenvalue weighted by molar-refractivity contribution is 14.1. The molecular weight excluding hydrogens is 393 g/mol. The fourth-order valence-electron chi connectivity index (χ4n) is 1.79. The molecule has 3 rings (SSSR count). The monoisotopic (exact) mass is 401 g/mol. The first-order valence-corrected chi connectivity index (χ1v) is 7.82. The summed E-state index contributed by atoms with van der Waals surface area (Å²) in [5.41, 5.74) is 3.77. The van der Waals surface area contributed by atoms with Gasteiger partial charge in [-0.2, -0.15) is 8.75 Å². The van der Waals surface area contributed by atoms with E-state index in [1.165, 1.54) is 20.9 Å². The summed E-state index contributed by atoms with van der Waals surface area (Å²) in [6.07, 6.45) is 0. The third-order valence-corrected chi connectivity index (χ3v) is 4.34. The molecule has 3 nitrogen and oxygen atoms in total. The molecular formula is C13H9ClIN3S. The fourth-order valence-corrected chi connectivity index (χ4v) is 2.91. The van der Waals surface area contributed by atoms with Gasteiger partial charge in [-0.15, -0.1) is 0 Å². The second kappa shape index (κ2) is 5.60. The molecule has 0 atom stereocenters. The lowest BCUT2D eigenvalue weighted by Crippen LogP contribution is -2.00. The maximum atomic E-state index is 6.22. The number of nitrogens with zero attached hydrogens (tertiary/aromatic N) is 2. The van der Waals surface area contributed by atoms with Gasteiger partial charge in [-0.1, -0.05) is 23.7 Å². The van der Waals surface area contributed by atoms with Crippen molar-refractivity contribution in [1.29, 1.82) is 0 Å². The number of fused-ring (bicyclic) bond motifs is 1. The molecule has 0 bridgehead atoms. The number of anilines is 1. The van der Waals surface area contributed by atoms with E-state index in [-0.39, 0.29) is 0 Å². The lowest BCUT2D eigenvalue weighted by Gasteiger charge is -2.09. The summed E-state index contributed by atoms with van der Waals surface area (Å²) in [4.78, 5) is 0. The third-order valence-electron chi connectivity index (χ3n) is 2.76. The Balaban J connectivity index is 1.87. The number of hydrogen-bond acceptors (Lipinski definition) is 4. The molecule has 0 fully saturated rings. The molecule has 0 radical (unpaired) electrons. The minimum absolute atomic E-state index is 0.672. The molecule has 0 aliphatic rings. The van der Waals surface area contributed by atoms with Crippen molar-refractivity contribution in [2.24, 2.45) is 0 Å². The summed E-state index contributed by atoms with van der Waals surface area (Å²) < 4.78 is 9.73. The van der Waals surface area contributed by atoms with Crippen LogP contribution in [0.15, 0.2) is 36.4 Å². The first kappa shape index (κ1) is 13.1. The van der Waals surface area contributed by atoms with Gasteiger partial charge in [0.25, 0.3) is 0 Å². The van der Waals surface area contributed by atoms with Crippen LogP contribution in [0.25, 0.3) is 11.0 Å². The van der Waals surface area contributed by atoms with Crippen LogP contribution in [0, 0.1) is 3.57 Å². The Morgan fingerprint density at radius 2 is 1.89 bits per heavy atom. The molecule has 3 aromatic rings. The molecule has 0 aliphatic carbocycles. The van der Waals surface area contributed by atoms with Gasteiger partial charge in [0.15, 0.2) is 0 Å². The smallest absolute Gasteiger partial charge is 0.129 e. The number of aromatic nitrogens is 2. The van der Waals surface area contributed by atoms with Crippen LogP contribution in [0.1, 0.15) is 5.56 Å². The van der Waals surface area contributed by atoms with Crippen LogP contribution in [0.5, 0.6) is 0 Å². The van der Waals surface area contributed by atoms with Crippen LogP contribution in [-0.4, -0.2) is 8.75 Å². The largest absolute Gasteiger partial charge is 0.378 e. The van der Waals surface area contributed by atoms with Gasteiger partial charge in [-0.3, -0.25) is 0 Å². The second-order valence-electron chi connectivity index (χ2n) is 4.03. The zero-order chi connectivity index (χ0) is 13.2. The molecule has 0 saturated carbocycles. The SMILES string of the molecule is Clc1ccc2nsnc2c1NCc1ccc(I)cc1. The zero-order valence-electron chi connectivity index (χ0n) is 9.73. The Kier molecular flexibility index (Phi) is 3.86. The quantitative estimate of drug-likeness (QED) is 0.654. The fraction of sp³-hybridized carbons (Fsp3) is 0.0769. The van der Waals surface area contributed by atoms with Crippen molar-refractivity contribution in [1.82, 2.24) is 8.75 Å². The normalized spacial score (nSPS) is 10.8. The minimum atomic E-state index is 0.672. The maximum absolute atomic E-state index is 6.22. The molecule has 19 heavy (non-hydrogen) atoms. The highest BCUT2D eigenvalue weighted by Crippen LogP contribution is 2.30. The van der Waals surface area contributed by atoms with Crippen LogP contribution in [0.3, 0.4) is 0 Å². The minimum Gasteiger partial charge on any atom is -0.378 e. The topological polar surface area (TPSA) is 37.8 Å². The Morgan fingerprint density at radius 3 is 2.68 bits per heavy atom.